The minimum Gasteiger partial charge on any atom is -0.463 e. The molecule has 0 aliphatic carbocycles. The van der Waals surface area contributed by atoms with Crippen LogP contribution in [0.2, 0.25) is 0 Å². The van der Waals surface area contributed by atoms with Crippen LogP contribution in [0.25, 0.3) is 17.5 Å². The lowest BCUT2D eigenvalue weighted by Gasteiger charge is -2.32. The molecule has 25 heavy (non-hydrogen) atoms. The summed E-state index contributed by atoms with van der Waals surface area (Å²) in [5.41, 5.74) is 0.374. The number of nitrogens with zero attached hydrogens (tertiary/aromatic N) is 1. The fourth-order valence-corrected chi connectivity index (χ4v) is 2.71. The lowest BCUT2D eigenvalue weighted by atomic mass is 9.86. The van der Waals surface area contributed by atoms with Crippen molar-refractivity contribution in [3.05, 3.63) is 35.4 Å². The highest BCUT2D eigenvalue weighted by molar-refractivity contribution is 6.54. The van der Waals surface area contributed by atoms with Crippen molar-refractivity contribution >= 4 is 13.2 Å². The maximum Gasteiger partial charge on any atom is 0.525 e. The molecular formula is C18H24BFN2O3. The van der Waals surface area contributed by atoms with Crippen LogP contribution in [-0.4, -0.2) is 28.5 Å². The summed E-state index contributed by atoms with van der Waals surface area (Å²) in [7, 11) is -1.04. The minimum atomic E-state index is -1.04. The zero-order chi connectivity index (χ0) is 18.4. The van der Waals surface area contributed by atoms with Crippen LogP contribution < -0.4 is 0 Å². The summed E-state index contributed by atoms with van der Waals surface area (Å²) in [5.74, 6) is 0.727. The third-order valence-corrected chi connectivity index (χ3v) is 4.93. The second-order valence-electron chi connectivity index (χ2n) is 7.65. The van der Waals surface area contributed by atoms with Gasteiger partial charge in [-0.05, 0) is 51.8 Å². The molecule has 0 saturated carbocycles. The first kappa shape index (κ1) is 18.0. The molecule has 0 amide bonds. The van der Waals surface area contributed by atoms with Crippen LogP contribution in [-0.2, 0) is 9.31 Å². The fourth-order valence-electron chi connectivity index (χ4n) is 2.71. The Hall–Kier alpha value is -1.86. The van der Waals surface area contributed by atoms with Gasteiger partial charge in [0.15, 0.2) is 5.76 Å². The third-order valence-electron chi connectivity index (χ3n) is 4.93. The van der Waals surface area contributed by atoms with E-state index in [0.29, 0.717) is 17.0 Å². The largest absolute Gasteiger partial charge is 0.525 e. The molecule has 1 N–H and O–H groups in total. The standard InChI is InChI=1S/C18H24BFN2O3/c1-11(2)15-12(16(22-21-15)13-8-7-9-23-13)10-14(20)19-24-17(3,4)18(5,6)25-19/h7-11H,1-6H3,(H,21,22). The van der Waals surface area contributed by atoms with E-state index in [9.17, 15) is 4.39 Å². The van der Waals surface area contributed by atoms with Crippen molar-refractivity contribution in [1.29, 1.82) is 0 Å². The molecular weight excluding hydrogens is 322 g/mol. The van der Waals surface area contributed by atoms with Crippen LogP contribution in [0.1, 0.15) is 58.7 Å². The van der Waals surface area contributed by atoms with Gasteiger partial charge in [-0.15, -0.1) is 0 Å². The normalized spacial score (nSPS) is 19.8. The molecule has 5 nitrogen and oxygen atoms in total. The van der Waals surface area contributed by atoms with E-state index in [0.717, 1.165) is 5.69 Å². The van der Waals surface area contributed by atoms with Gasteiger partial charge in [0, 0.05) is 11.3 Å². The van der Waals surface area contributed by atoms with Crippen LogP contribution in [0, 0.1) is 0 Å². The molecule has 7 heteroatoms. The van der Waals surface area contributed by atoms with Crippen LogP contribution in [0.15, 0.2) is 28.5 Å². The Labute approximate surface area is 147 Å². The number of rotatable bonds is 4. The number of H-pyrrole nitrogens is 1. The van der Waals surface area contributed by atoms with E-state index < -0.39 is 24.0 Å². The molecule has 1 fully saturated rings. The van der Waals surface area contributed by atoms with E-state index in [1.54, 1.807) is 18.4 Å². The van der Waals surface area contributed by atoms with Gasteiger partial charge in [0.1, 0.15) is 11.4 Å². The van der Waals surface area contributed by atoms with Gasteiger partial charge < -0.3 is 13.7 Å². The zero-order valence-electron chi connectivity index (χ0n) is 15.5. The first-order chi connectivity index (χ1) is 11.6. The van der Waals surface area contributed by atoms with Crippen molar-refractivity contribution in [2.75, 3.05) is 0 Å². The lowest BCUT2D eigenvalue weighted by Crippen LogP contribution is -2.41. The highest BCUT2D eigenvalue weighted by Crippen LogP contribution is 2.40. The first-order valence-corrected chi connectivity index (χ1v) is 8.47. The Morgan fingerprint density at radius 2 is 1.88 bits per heavy atom. The molecule has 134 valence electrons. The van der Waals surface area contributed by atoms with Gasteiger partial charge in [-0.1, -0.05) is 13.8 Å². The number of aromatic amines is 1. The molecule has 0 unspecified atom stereocenters. The Morgan fingerprint density at radius 1 is 1.24 bits per heavy atom. The number of aromatic nitrogens is 2. The number of nitrogens with one attached hydrogen (secondary N) is 1. The van der Waals surface area contributed by atoms with Gasteiger partial charge in [-0.25, -0.2) is 4.39 Å². The van der Waals surface area contributed by atoms with Crippen molar-refractivity contribution in [3.63, 3.8) is 0 Å². The van der Waals surface area contributed by atoms with Gasteiger partial charge >= 0.3 is 7.12 Å². The Morgan fingerprint density at radius 3 is 2.40 bits per heavy atom. The minimum absolute atomic E-state index is 0.147. The van der Waals surface area contributed by atoms with Gasteiger partial charge in [0.2, 0.25) is 0 Å². The van der Waals surface area contributed by atoms with E-state index >= 15 is 0 Å². The van der Waals surface area contributed by atoms with E-state index in [2.05, 4.69) is 10.2 Å². The van der Waals surface area contributed by atoms with Crippen molar-refractivity contribution in [1.82, 2.24) is 10.2 Å². The number of hydrogen-bond acceptors (Lipinski definition) is 4. The molecule has 2 aromatic heterocycles. The summed E-state index contributed by atoms with van der Waals surface area (Å²) in [6.07, 6.45) is 3.00. The molecule has 1 aliphatic heterocycles. The van der Waals surface area contributed by atoms with Gasteiger partial charge in [-0.3, -0.25) is 5.10 Å². The molecule has 3 heterocycles. The van der Waals surface area contributed by atoms with Crippen molar-refractivity contribution in [3.8, 4) is 11.5 Å². The Balaban J connectivity index is 1.99. The molecule has 0 bridgehead atoms. The molecule has 0 atom stereocenters. The smallest absolute Gasteiger partial charge is 0.463 e. The zero-order valence-corrected chi connectivity index (χ0v) is 15.5. The van der Waals surface area contributed by atoms with Crippen molar-refractivity contribution < 1.29 is 18.1 Å². The number of hydrogen-bond donors (Lipinski definition) is 1. The van der Waals surface area contributed by atoms with Gasteiger partial charge in [-0.2, -0.15) is 5.10 Å². The highest BCUT2D eigenvalue weighted by atomic mass is 19.1. The van der Waals surface area contributed by atoms with E-state index in [1.165, 1.54) is 6.08 Å². The van der Waals surface area contributed by atoms with Crippen molar-refractivity contribution in [2.45, 2.75) is 58.7 Å². The van der Waals surface area contributed by atoms with Crippen LogP contribution >= 0.6 is 0 Å². The average Bonchev–Trinajstić information content (AvgIpc) is 3.17. The van der Waals surface area contributed by atoms with Crippen LogP contribution in [0.3, 0.4) is 0 Å². The maximum absolute atomic E-state index is 15.0. The van der Waals surface area contributed by atoms with Crippen LogP contribution in [0.4, 0.5) is 4.39 Å². The molecule has 2 aromatic rings. The number of furan rings is 1. The molecule has 0 spiro atoms. The Kier molecular flexibility index (Phi) is 4.41. The molecule has 0 aromatic carbocycles. The fraction of sp³-hybridized carbons (Fsp3) is 0.500. The number of halogens is 1. The van der Waals surface area contributed by atoms with E-state index in [1.807, 2.05) is 41.5 Å². The van der Waals surface area contributed by atoms with Gasteiger partial charge in [0.25, 0.3) is 0 Å². The second kappa shape index (κ2) is 6.14. The highest BCUT2D eigenvalue weighted by Gasteiger charge is 2.53. The van der Waals surface area contributed by atoms with Gasteiger partial charge in [0.05, 0.1) is 17.5 Å². The quantitative estimate of drug-likeness (QED) is 0.813. The average molecular weight is 346 g/mol. The summed E-state index contributed by atoms with van der Waals surface area (Å²) in [4.78, 5) is 0. The topological polar surface area (TPSA) is 60.3 Å². The second-order valence-corrected chi connectivity index (χ2v) is 7.65. The predicted molar refractivity (Wildman–Crippen MR) is 95.5 cm³/mol. The van der Waals surface area contributed by atoms with E-state index in [-0.39, 0.29) is 5.92 Å². The SMILES string of the molecule is CC(C)c1[nH]nc(-c2ccco2)c1C=C(F)B1OC(C)(C)C(C)(C)O1. The molecule has 1 aliphatic rings. The predicted octanol–water partition coefficient (Wildman–Crippen LogP) is 4.73. The third kappa shape index (κ3) is 3.18. The summed E-state index contributed by atoms with van der Waals surface area (Å²) in [5, 5.41) is 7.29. The van der Waals surface area contributed by atoms with Crippen molar-refractivity contribution in [2.24, 2.45) is 0 Å². The monoisotopic (exact) mass is 346 g/mol. The summed E-state index contributed by atoms with van der Waals surface area (Å²) < 4.78 is 32.0. The maximum atomic E-state index is 15.0. The molecule has 1 saturated heterocycles. The summed E-state index contributed by atoms with van der Waals surface area (Å²) >= 11 is 0. The van der Waals surface area contributed by atoms with E-state index in [4.69, 9.17) is 13.7 Å². The van der Waals surface area contributed by atoms with Crippen LogP contribution in [0.5, 0.6) is 0 Å². The summed E-state index contributed by atoms with van der Waals surface area (Å²) in [6.45, 7) is 11.6. The lowest BCUT2D eigenvalue weighted by molar-refractivity contribution is 0.00578. The molecule has 3 rings (SSSR count). The Bertz CT molecular complexity index is 762. The summed E-state index contributed by atoms with van der Waals surface area (Å²) in [6, 6.07) is 3.57. The first-order valence-electron chi connectivity index (χ1n) is 8.47. The molecule has 0 radical (unpaired) electrons.